The smallest absolute Gasteiger partial charge is 0.407 e. The predicted molar refractivity (Wildman–Crippen MR) is 76.9 cm³/mol. The van der Waals surface area contributed by atoms with E-state index in [1.807, 2.05) is 27.7 Å². The number of carbonyl (C=O) groups excluding carboxylic acids is 1. The summed E-state index contributed by atoms with van der Waals surface area (Å²) in [5, 5.41) is 3.41. The molecule has 6 heteroatoms. The zero-order chi connectivity index (χ0) is 14.6. The molecule has 0 aliphatic heterocycles. The van der Waals surface area contributed by atoms with E-state index >= 15 is 0 Å². The van der Waals surface area contributed by atoms with Crippen LogP contribution >= 0.6 is 23.2 Å². The van der Waals surface area contributed by atoms with E-state index in [1.165, 1.54) is 0 Å². The van der Waals surface area contributed by atoms with Gasteiger partial charge in [-0.15, -0.1) is 0 Å². The molecule has 1 rings (SSSR count). The molecule has 106 valence electrons. The Kier molecular flexibility index (Phi) is 5.44. The lowest BCUT2D eigenvalue weighted by atomic mass is 10.1. The molecule has 19 heavy (non-hydrogen) atoms. The summed E-state index contributed by atoms with van der Waals surface area (Å²) in [6.07, 6.45) is 0.136. The highest BCUT2D eigenvalue weighted by Crippen LogP contribution is 2.21. The quantitative estimate of drug-likeness (QED) is 0.865. The van der Waals surface area contributed by atoms with Gasteiger partial charge in [-0.05, 0) is 51.3 Å². The SMILES string of the molecule is Cc1cc(Cl)nc(Cl)c1CCNC(=O)OC(C)(C)C. The second-order valence-corrected chi connectivity index (χ2v) is 5.96. The standard InChI is InChI=1S/C13H18Cl2N2O2/c1-8-7-10(14)17-11(15)9(8)5-6-16-12(18)19-13(2,3)4/h7H,5-6H2,1-4H3,(H,16,18). The van der Waals surface area contributed by atoms with Gasteiger partial charge < -0.3 is 10.1 Å². The van der Waals surface area contributed by atoms with E-state index in [0.717, 1.165) is 11.1 Å². The minimum atomic E-state index is -0.501. The number of halogens is 2. The molecule has 0 unspecified atom stereocenters. The van der Waals surface area contributed by atoms with Crippen molar-refractivity contribution in [3.8, 4) is 0 Å². The summed E-state index contributed by atoms with van der Waals surface area (Å²) in [6.45, 7) is 7.78. The number of nitrogens with one attached hydrogen (secondary N) is 1. The second-order valence-electron chi connectivity index (χ2n) is 5.21. The topological polar surface area (TPSA) is 51.2 Å². The highest BCUT2D eigenvalue weighted by molar-refractivity contribution is 6.33. The van der Waals surface area contributed by atoms with Gasteiger partial charge in [-0.1, -0.05) is 23.2 Å². The normalized spacial score (nSPS) is 11.3. The van der Waals surface area contributed by atoms with Gasteiger partial charge >= 0.3 is 6.09 Å². The first kappa shape index (κ1) is 16.1. The van der Waals surface area contributed by atoms with Crippen LogP contribution in [0.25, 0.3) is 0 Å². The zero-order valence-corrected chi connectivity index (χ0v) is 13.0. The van der Waals surface area contributed by atoms with E-state index in [4.69, 9.17) is 27.9 Å². The number of hydrogen-bond acceptors (Lipinski definition) is 3. The van der Waals surface area contributed by atoms with Crippen molar-refractivity contribution in [2.45, 2.75) is 39.7 Å². The lowest BCUT2D eigenvalue weighted by molar-refractivity contribution is 0.0528. The Bertz CT molecular complexity index is 447. The molecule has 1 aromatic heterocycles. The number of alkyl carbamates (subject to hydrolysis) is 1. The average molecular weight is 305 g/mol. The van der Waals surface area contributed by atoms with Crippen LogP contribution in [0.2, 0.25) is 10.3 Å². The third kappa shape index (κ3) is 5.66. The molecule has 0 spiro atoms. The summed E-state index contributed by atoms with van der Waals surface area (Å²) in [7, 11) is 0. The van der Waals surface area contributed by atoms with Crippen molar-refractivity contribution in [3.05, 3.63) is 27.5 Å². The number of pyridine rings is 1. The predicted octanol–water partition coefficient (Wildman–Crippen LogP) is 3.76. The van der Waals surface area contributed by atoms with Gasteiger partial charge in [0, 0.05) is 6.54 Å². The third-order valence-electron chi connectivity index (χ3n) is 2.31. The summed E-state index contributed by atoms with van der Waals surface area (Å²) in [4.78, 5) is 15.4. The van der Waals surface area contributed by atoms with Crippen LogP contribution in [0.4, 0.5) is 4.79 Å². The maximum absolute atomic E-state index is 11.5. The largest absolute Gasteiger partial charge is 0.444 e. The molecule has 0 atom stereocenters. The van der Waals surface area contributed by atoms with Crippen molar-refractivity contribution < 1.29 is 9.53 Å². The van der Waals surface area contributed by atoms with Gasteiger partial charge in [0.15, 0.2) is 0 Å². The molecule has 1 heterocycles. The Morgan fingerprint density at radius 2 is 2.05 bits per heavy atom. The number of amides is 1. The van der Waals surface area contributed by atoms with E-state index in [0.29, 0.717) is 23.3 Å². The number of ether oxygens (including phenoxy) is 1. The summed E-state index contributed by atoms with van der Waals surface area (Å²) < 4.78 is 5.14. The molecule has 0 bridgehead atoms. The van der Waals surface area contributed by atoms with Crippen LogP contribution < -0.4 is 5.32 Å². The number of rotatable bonds is 3. The molecule has 0 saturated heterocycles. The molecule has 0 saturated carbocycles. The zero-order valence-electron chi connectivity index (χ0n) is 11.5. The van der Waals surface area contributed by atoms with Crippen molar-refractivity contribution in [2.24, 2.45) is 0 Å². The van der Waals surface area contributed by atoms with E-state index in [2.05, 4.69) is 10.3 Å². The second kappa shape index (κ2) is 6.44. The molecule has 0 radical (unpaired) electrons. The molecule has 0 aliphatic rings. The van der Waals surface area contributed by atoms with Gasteiger partial charge in [0.2, 0.25) is 0 Å². The number of aromatic nitrogens is 1. The third-order valence-corrected chi connectivity index (χ3v) is 2.82. The van der Waals surface area contributed by atoms with E-state index in [9.17, 15) is 4.79 Å². The van der Waals surface area contributed by atoms with E-state index in [1.54, 1.807) is 6.07 Å². The van der Waals surface area contributed by atoms with Crippen molar-refractivity contribution in [1.29, 1.82) is 0 Å². The van der Waals surface area contributed by atoms with Gasteiger partial charge in [-0.3, -0.25) is 0 Å². The average Bonchev–Trinajstić information content (AvgIpc) is 2.19. The van der Waals surface area contributed by atoms with Gasteiger partial charge in [0.25, 0.3) is 0 Å². The maximum Gasteiger partial charge on any atom is 0.407 e. The molecular weight excluding hydrogens is 287 g/mol. The summed E-state index contributed by atoms with van der Waals surface area (Å²) in [5.41, 5.74) is 1.33. The van der Waals surface area contributed by atoms with Gasteiger partial charge in [0.05, 0.1) is 0 Å². The van der Waals surface area contributed by atoms with Gasteiger partial charge in [0.1, 0.15) is 15.9 Å². The lowest BCUT2D eigenvalue weighted by Crippen LogP contribution is -2.33. The number of hydrogen-bond donors (Lipinski definition) is 1. The minimum absolute atomic E-state index is 0.367. The number of carbonyl (C=O) groups is 1. The molecule has 1 amide bonds. The van der Waals surface area contributed by atoms with E-state index in [-0.39, 0.29) is 0 Å². The lowest BCUT2D eigenvalue weighted by Gasteiger charge is -2.19. The Morgan fingerprint density at radius 1 is 1.42 bits per heavy atom. The molecule has 1 N–H and O–H groups in total. The molecule has 1 aromatic rings. The fraction of sp³-hybridized carbons (Fsp3) is 0.538. The highest BCUT2D eigenvalue weighted by Gasteiger charge is 2.16. The van der Waals surface area contributed by atoms with Crippen LogP contribution in [0.1, 0.15) is 31.9 Å². The van der Waals surface area contributed by atoms with Crippen LogP contribution in [-0.2, 0) is 11.2 Å². The van der Waals surface area contributed by atoms with Gasteiger partial charge in [-0.25, -0.2) is 9.78 Å². The van der Waals surface area contributed by atoms with Crippen LogP contribution in [0.5, 0.6) is 0 Å². The first-order valence-electron chi connectivity index (χ1n) is 5.97. The fourth-order valence-electron chi connectivity index (χ4n) is 1.53. The van der Waals surface area contributed by atoms with Crippen LogP contribution in [0.15, 0.2) is 6.07 Å². The Balaban J connectivity index is 2.52. The van der Waals surface area contributed by atoms with Crippen LogP contribution in [0, 0.1) is 6.92 Å². The number of aryl methyl sites for hydroxylation is 1. The van der Waals surface area contributed by atoms with Crippen molar-refractivity contribution in [1.82, 2.24) is 10.3 Å². The Morgan fingerprint density at radius 3 is 2.58 bits per heavy atom. The van der Waals surface area contributed by atoms with Crippen LogP contribution in [0.3, 0.4) is 0 Å². The number of nitrogens with zero attached hydrogens (tertiary/aromatic N) is 1. The Labute approximate surface area is 123 Å². The summed E-state index contributed by atoms with van der Waals surface area (Å²) >= 11 is 11.8. The van der Waals surface area contributed by atoms with Crippen LogP contribution in [-0.4, -0.2) is 23.2 Å². The summed E-state index contributed by atoms with van der Waals surface area (Å²) in [5.74, 6) is 0. The van der Waals surface area contributed by atoms with E-state index < -0.39 is 11.7 Å². The van der Waals surface area contributed by atoms with Crippen molar-refractivity contribution >= 4 is 29.3 Å². The van der Waals surface area contributed by atoms with Crippen molar-refractivity contribution in [3.63, 3.8) is 0 Å². The highest BCUT2D eigenvalue weighted by atomic mass is 35.5. The first-order chi connectivity index (χ1) is 8.69. The fourth-order valence-corrected chi connectivity index (χ4v) is 2.15. The van der Waals surface area contributed by atoms with Gasteiger partial charge in [-0.2, -0.15) is 0 Å². The molecule has 0 fully saturated rings. The molecule has 4 nitrogen and oxygen atoms in total. The van der Waals surface area contributed by atoms with Crippen molar-refractivity contribution in [2.75, 3.05) is 6.54 Å². The first-order valence-corrected chi connectivity index (χ1v) is 6.73. The minimum Gasteiger partial charge on any atom is -0.444 e. The monoisotopic (exact) mass is 304 g/mol. The molecular formula is C13H18Cl2N2O2. The maximum atomic E-state index is 11.5. The molecule has 0 aliphatic carbocycles. The summed E-state index contributed by atoms with van der Waals surface area (Å²) in [6, 6.07) is 1.75. The molecule has 0 aromatic carbocycles. The Hall–Kier alpha value is -1.00.